The smallest absolute Gasteiger partial charge is 0.231 e. The van der Waals surface area contributed by atoms with Crippen molar-refractivity contribution >= 4 is 11.3 Å². The highest BCUT2D eigenvalue weighted by Crippen LogP contribution is 2.38. The van der Waals surface area contributed by atoms with E-state index < -0.39 is 0 Å². The Kier molecular flexibility index (Phi) is 2.23. The van der Waals surface area contributed by atoms with Crippen molar-refractivity contribution in [2.75, 3.05) is 6.79 Å². The molecule has 84 valence electrons. The molecule has 0 N–H and O–H groups in total. The van der Waals surface area contributed by atoms with Gasteiger partial charge in [0, 0.05) is 10.9 Å². The highest BCUT2D eigenvalue weighted by molar-refractivity contribution is 7.10. The third-order valence-electron chi connectivity index (χ3n) is 2.60. The van der Waals surface area contributed by atoms with Crippen LogP contribution in [0.15, 0.2) is 17.5 Å². The highest BCUT2D eigenvalue weighted by Gasteiger charge is 2.17. The molecule has 0 bridgehead atoms. The second kappa shape index (κ2) is 3.75. The van der Waals surface area contributed by atoms with Crippen molar-refractivity contribution in [1.29, 1.82) is 5.26 Å². The summed E-state index contributed by atoms with van der Waals surface area (Å²) in [5, 5.41) is 11.1. The largest absolute Gasteiger partial charge is 0.454 e. The molecule has 0 amide bonds. The van der Waals surface area contributed by atoms with Crippen molar-refractivity contribution in [2.45, 2.75) is 6.92 Å². The molecule has 4 nitrogen and oxygen atoms in total. The van der Waals surface area contributed by atoms with E-state index in [1.54, 1.807) is 0 Å². The average molecular weight is 244 g/mol. The summed E-state index contributed by atoms with van der Waals surface area (Å²) >= 11 is 1.34. The topological polar surface area (TPSA) is 55.1 Å². The van der Waals surface area contributed by atoms with Crippen LogP contribution in [0.1, 0.15) is 10.6 Å². The van der Waals surface area contributed by atoms with E-state index in [9.17, 15) is 0 Å². The molecular formula is C12H8N2O2S. The minimum Gasteiger partial charge on any atom is -0.454 e. The van der Waals surface area contributed by atoms with Gasteiger partial charge in [0.25, 0.3) is 0 Å². The van der Waals surface area contributed by atoms with Gasteiger partial charge in [-0.3, -0.25) is 0 Å². The van der Waals surface area contributed by atoms with E-state index in [1.807, 2.05) is 30.5 Å². The van der Waals surface area contributed by atoms with Crippen LogP contribution in [0, 0.1) is 18.3 Å². The lowest BCUT2D eigenvalue weighted by molar-refractivity contribution is 0.174. The predicted molar refractivity (Wildman–Crippen MR) is 63.1 cm³/mol. The molecule has 0 radical (unpaired) electrons. The standard InChI is InChI=1S/C12H8N2O2S/c1-7-2-10-11(16-6-15-10)3-8(7)9-5-17-12(4-13)14-9/h2-3,5H,6H2,1H3. The number of aryl methyl sites for hydroxylation is 1. The van der Waals surface area contributed by atoms with Crippen molar-refractivity contribution in [2.24, 2.45) is 0 Å². The van der Waals surface area contributed by atoms with E-state index in [4.69, 9.17) is 14.7 Å². The fraction of sp³-hybridized carbons (Fsp3) is 0.167. The summed E-state index contributed by atoms with van der Waals surface area (Å²) in [6.07, 6.45) is 0. The van der Waals surface area contributed by atoms with Gasteiger partial charge >= 0.3 is 0 Å². The molecule has 0 saturated carbocycles. The number of ether oxygens (including phenoxy) is 2. The maximum atomic E-state index is 8.78. The monoisotopic (exact) mass is 244 g/mol. The minimum absolute atomic E-state index is 0.263. The molecule has 2 heterocycles. The van der Waals surface area contributed by atoms with Crippen LogP contribution >= 0.6 is 11.3 Å². The third kappa shape index (κ3) is 1.63. The fourth-order valence-corrected chi connectivity index (χ4v) is 2.38. The van der Waals surface area contributed by atoms with Crippen LogP contribution in [-0.4, -0.2) is 11.8 Å². The van der Waals surface area contributed by atoms with E-state index in [1.165, 1.54) is 11.3 Å². The van der Waals surface area contributed by atoms with Crippen LogP contribution in [0.2, 0.25) is 0 Å². The van der Waals surface area contributed by atoms with Crippen LogP contribution in [-0.2, 0) is 0 Å². The summed E-state index contributed by atoms with van der Waals surface area (Å²) in [5.74, 6) is 1.50. The Morgan fingerprint density at radius 2 is 2.12 bits per heavy atom. The van der Waals surface area contributed by atoms with Crippen LogP contribution in [0.5, 0.6) is 11.5 Å². The third-order valence-corrected chi connectivity index (χ3v) is 3.34. The number of fused-ring (bicyclic) bond motifs is 1. The molecule has 0 saturated heterocycles. The zero-order valence-electron chi connectivity index (χ0n) is 9.06. The molecule has 3 rings (SSSR count). The first-order valence-corrected chi connectivity index (χ1v) is 5.92. The molecule has 1 aliphatic rings. The van der Waals surface area contributed by atoms with Gasteiger partial charge in [-0.25, -0.2) is 4.98 Å². The number of rotatable bonds is 1. The normalized spacial score (nSPS) is 12.5. The Hall–Kier alpha value is -2.06. The van der Waals surface area contributed by atoms with Gasteiger partial charge in [-0.1, -0.05) is 0 Å². The van der Waals surface area contributed by atoms with E-state index in [-0.39, 0.29) is 6.79 Å². The van der Waals surface area contributed by atoms with Crippen molar-refractivity contribution in [3.63, 3.8) is 0 Å². The van der Waals surface area contributed by atoms with Crippen LogP contribution < -0.4 is 9.47 Å². The fourth-order valence-electron chi connectivity index (χ4n) is 1.77. The molecule has 1 aliphatic heterocycles. The Morgan fingerprint density at radius 3 is 2.82 bits per heavy atom. The van der Waals surface area contributed by atoms with Gasteiger partial charge in [0.2, 0.25) is 6.79 Å². The minimum atomic E-state index is 0.263. The van der Waals surface area contributed by atoms with Crippen LogP contribution in [0.3, 0.4) is 0 Å². The van der Waals surface area contributed by atoms with Gasteiger partial charge in [-0.05, 0) is 24.6 Å². The number of aromatic nitrogens is 1. The SMILES string of the molecule is Cc1cc2c(cc1-c1csc(C#N)n1)OCO2. The molecule has 1 aromatic heterocycles. The summed E-state index contributed by atoms with van der Waals surface area (Å²) < 4.78 is 10.6. The number of nitriles is 1. The number of benzene rings is 1. The van der Waals surface area contributed by atoms with Crippen LogP contribution in [0.25, 0.3) is 11.3 Å². The Labute approximate surface area is 102 Å². The lowest BCUT2D eigenvalue weighted by atomic mass is 10.1. The molecule has 0 fully saturated rings. The van der Waals surface area contributed by atoms with Gasteiger partial charge in [0.1, 0.15) is 6.07 Å². The first-order chi connectivity index (χ1) is 8.28. The highest BCUT2D eigenvalue weighted by atomic mass is 32.1. The van der Waals surface area contributed by atoms with E-state index in [0.717, 1.165) is 28.3 Å². The van der Waals surface area contributed by atoms with Gasteiger partial charge in [0.05, 0.1) is 5.69 Å². The lowest BCUT2D eigenvalue weighted by Crippen LogP contribution is -1.92. The second-order valence-corrected chi connectivity index (χ2v) is 4.53. The van der Waals surface area contributed by atoms with E-state index in [0.29, 0.717) is 5.01 Å². The molecule has 2 aromatic rings. The van der Waals surface area contributed by atoms with E-state index in [2.05, 4.69) is 4.98 Å². The Morgan fingerprint density at radius 1 is 1.35 bits per heavy atom. The maximum absolute atomic E-state index is 8.78. The first kappa shape index (κ1) is 10.1. The zero-order chi connectivity index (χ0) is 11.8. The first-order valence-electron chi connectivity index (χ1n) is 5.04. The number of hydrogen-bond acceptors (Lipinski definition) is 5. The molecule has 0 unspecified atom stereocenters. The maximum Gasteiger partial charge on any atom is 0.231 e. The zero-order valence-corrected chi connectivity index (χ0v) is 9.87. The van der Waals surface area contributed by atoms with E-state index >= 15 is 0 Å². The molecular weight excluding hydrogens is 236 g/mol. The molecule has 17 heavy (non-hydrogen) atoms. The molecule has 0 spiro atoms. The average Bonchev–Trinajstić information content (AvgIpc) is 2.94. The Bertz CT molecular complexity index is 628. The molecule has 0 atom stereocenters. The van der Waals surface area contributed by atoms with Gasteiger partial charge in [-0.2, -0.15) is 5.26 Å². The van der Waals surface area contributed by atoms with Gasteiger partial charge in [-0.15, -0.1) is 11.3 Å². The number of nitrogens with zero attached hydrogens (tertiary/aromatic N) is 2. The lowest BCUT2D eigenvalue weighted by Gasteiger charge is -2.04. The van der Waals surface area contributed by atoms with Crippen molar-refractivity contribution in [1.82, 2.24) is 4.98 Å². The van der Waals surface area contributed by atoms with Crippen molar-refractivity contribution in [3.8, 4) is 28.8 Å². The summed E-state index contributed by atoms with van der Waals surface area (Å²) in [6.45, 7) is 2.25. The van der Waals surface area contributed by atoms with Crippen molar-refractivity contribution in [3.05, 3.63) is 28.1 Å². The molecule has 1 aromatic carbocycles. The summed E-state index contributed by atoms with van der Waals surface area (Å²) in [4.78, 5) is 4.25. The quantitative estimate of drug-likeness (QED) is 0.774. The predicted octanol–water partition coefficient (Wildman–Crippen LogP) is 2.72. The number of thiazole rings is 1. The van der Waals surface area contributed by atoms with Gasteiger partial charge in [0.15, 0.2) is 16.5 Å². The molecule has 5 heteroatoms. The summed E-state index contributed by atoms with van der Waals surface area (Å²) in [6, 6.07) is 5.88. The summed E-state index contributed by atoms with van der Waals surface area (Å²) in [7, 11) is 0. The number of hydrogen-bond donors (Lipinski definition) is 0. The van der Waals surface area contributed by atoms with Gasteiger partial charge < -0.3 is 9.47 Å². The second-order valence-electron chi connectivity index (χ2n) is 3.67. The van der Waals surface area contributed by atoms with Crippen LogP contribution in [0.4, 0.5) is 0 Å². The Balaban J connectivity index is 2.12. The summed E-state index contributed by atoms with van der Waals surface area (Å²) in [5.41, 5.74) is 2.85. The van der Waals surface area contributed by atoms with Crippen molar-refractivity contribution < 1.29 is 9.47 Å². The molecule has 0 aliphatic carbocycles.